The van der Waals surface area contributed by atoms with Gasteiger partial charge in [-0.25, -0.2) is 13.1 Å². The summed E-state index contributed by atoms with van der Waals surface area (Å²) < 4.78 is 24.5. The van der Waals surface area contributed by atoms with Gasteiger partial charge in [0.1, 0.15) is 0 Å². The molecule has 4 nitrogen and oxygen atoms in total. The molecule has 0 aliphatic heterocycles. The maximum Gasteiger partial charge on any atom is 0.257 e. The molecule has 0 aromatic heterocycles. The van der Waals surface area contributed by atoms with Crippen LogP contribution in [0.25, 0.3) is 0 Å². The lowest BCUT2D eigenvalue weighted by atomic mass is 10.3. The molecule has 0 heterocycles. The van der Waals surface area contributed by atoms with Crippen molar-refractivity contribution in [2.75, 3.05) is 0 Å². The van der Waals surface area contributed by atoms with E-state index in [4.69, 9.17) is 0 Å². The first-order valence-corrected chi connectivity index (χ1v) is 6.37. The summed E-state index contributed by atoms with van der Waals surface area (Å²) >= 11 is 0. The van der Waals surface area contributed by atoms with E-state index >= 15 is 0 Å². The predicted molar refractivity (Wildman–Crippen MR) is 65.3 cm³/mol. The Labute approximate surface area is 96.8 Å². The number of rotatable bonds is 5. The summed E-state index contributed by atoms with van der Waals surface area (Å²) in [4.78, 5) is 11.2. The van der Waals surface area contributed by atoms with Gasteiger partial charge >= 0.3 is 0 Å². The molecular weight excluding hydrogens is 226 g/mol. The molecule has 90 valence electrons. The van der Waals surface area contributed by atoms with Crippen molar-refractivity contribution in [3.8, 4) is 0 Å². The number of hydrogen-bond donors (Lipinski definition) is 1. The van der Waals surface area contributed by atoms with Crippen molar-refractivity contribution < 1.29 is 13.2 Å². The van der Waals surface area contributed by atoms with E-state index in [1.165, 1.54) is 19.9 Å². The first-order valence-electron chi connectivity index (χ1n) is 4.82. The maximum atomic E-state index is 11.3. The highest BCUT2D eigenvalue weighted by Crippen LogP contribution is 1.96. The van der Waals surface area contributed by atoms with Crippen LogP contribution in [0.1, 0.15) is 20.8 Å². The Kier molecular flexibility index (Phi) is 5.74. The lowest BCUT2D eigenvalue weighted by Gasteiger charge is -2.06. The summed E-state index contributed by atoms with van der Waals surface area (Å²) in [6.45, 7) is 8.36. The van der Waals surface area contributed by atoms with Crippen LogP contribution in [0.2, 0.25) is 0 Å². The van der Waals surface area contributed by atoms with Crippen molar-refractivity contribution in [2.24, 2.45) is 0 Å². The van der Waals surface area contributed by atoms with Gasteiger partial charge in [-0.05, 0) is 20.8 Å². The first-order chi connectivity index (χ1) is 7.29. The molecule has 0 unspecified atom stereocenters. The van der Waals surface area contributed by atoms with Gasteiger partial charge in [0, 0.05) is 6.08 Å². The topological polar surface area (TPSA) is 63.2 Å². The average molecular weight is 243 g/mol. The van der Waals surface area contributed by atoms with Crippen LogP contribution in [-0.4, -0.2) is 19.6 Å². The lowest BCUT2D eigenvalue weighted by molar-refractivity contribution is -0.114. The van der Waals surface area contributed by atoms with Crippen LogP contribution in [-0.2, 0) is 14.8 Å². The van der Waals surface area contributed by atoms with Crippen molar-refractivity contribution in [3.63, 3.8) is 0 Å². The molecule has 1 amide bonds. The highest BCUT2D eigenvalue weighted by Gasteiger charge is 2.16. The Morgan fingerprint density at radius 1 is 1.38 bits per heavy atom. The van der Waals surface area contributed by atoms with Crippen molar-refractivity contribution >= 4 is 15.9 Å². The van der Waals surface area contributed by atoms with Crippen LogP contribution < -0.4 is 4.72 Å². The summed E-state index contributed by atoms with van der Waals surface area (Å²) in [6, 6.07) is 0. The second kappa shape index (κ2) is 6.27. The van der Waals surface area contributed by atoms with Gasteiger partial charge in [-0.1, -0.05) is 30.4 Å². The standard InChI is InChI=1S/C11H17NO3S/c1-5-10(4)7-6-8-11(13)12-16(14,15)9(2)3/h5-9H,1H2,2-4H3,(H,12,13)/b8-6+,10-7-. The molecule has 0 spiro atoms. The van der Waals surface area contributed by atoms with E-state index in [0.717, 1.165) is 11.6 Å². The number of nitrogens with one attached hydrogen (secondary N) is 1. The molecule has 1 N–H and O–H groups in total. The monoisotopic (exact) mass is 243 g/mol. The zero-order valence-corrected chi connectivity index (χ0v) is 10.5. The van der Waals surface area contributed by atoms with E-state index in [1.54, 1.807) is 12.2 Å². The molecule has 0 aromatic rings. The van der Waals surface area contributed by atoms with Crippen LogP contribution in [0.4, 0.5) is 0 Å². The van der Waals surface area contributed by atoms with Crippen LogP contribution in [0.3, 0.4) is 0 Å². The molecule has 0 aliphatic carbocycles. The minimum absolute atomic E-state index is 0.629. The van der Waals surface area contributed by atoms with Crippen LogP contribution in [0.15, 0.2) is 36.5 Å². The van der Waals surface area contributed by atoms with E-state index in [1.807, 2.05) is 11.6 Å². The van der Waals surface area contributed by atoms with Crippen molar-refractivity contribution in [2.45, 2.75) is 26.0 Å². The van der Waals surface area contributed by atoms with Gasteiger partial charge in [-0.3, -0.25) is 4.79 Å². The van der Waals surface area contributed by atoms with E-state index in [9.17, 15) is 13.2 Å². The molecule has 0 saturated carbocycles. The normalized spacial score (nSPS) is 13.1. The predicted octanol–water partition coefficient (Wildman–Crippen LogP) is 1.53. The Morgan fingerprint density at radius 3 is 2.38 bits per heavy atom. The molecule has 16 heavy (non-hydrogen) atoms. The van der Waals surface area contributed by atoms with E-state index in [2.05, 4.69) is 6.58 Å². The average Bonchev–Trinajstić information content (AvgIpc) is 2.16. The minimum atomic E-state index is -3.55. The highest BCUT2D eigenvalue weighted by atomic mass is 32.2. The number of carbonyl (C=O) groups is 1. The van der Waals surface area contributed by atoms with Gasteiger partial charge in [0.25, 0.3) is 5.91 Å². The van der Waals surface area contributed by atoms with Crippen molar-refractivity contribution in [3.05, 3.63) is 36.5 Å². The molecule has 0 bridgehead atoms. The second-order valence-electron chi connectivity index (χ2n) is 3.53. The molecule has 0 saturated heterocycles. The molecular formula is C11H17NO3S. The lowest BCUT2D eigenvalue weighted by Crippen LogP contribution is -2.34. The van der Waals surface area contributed by atoms with Gasteiger partial charge in [0.2, 0.25) is 10.0 Å². The van der Waals surface area contributed by atoms with Crippen LogP contribution in [0.5, 0.6) is 0 Å². The summed E-state index contributed by atoms with van der Waals surface area (Å²) in [5, 5.41) is -0.629. The van der Waals surface area contributed by atoms with E-state index < -0.39 is 21.2 Å². The summed E-state index contributed by atoms with van der Waals surface area (Å²) in [5.41, 5.74) is 0.885. The molecule has 0 rings (SSSR count). The minimum Gasteiger partial charge on any atom is -0.269 e. The van der Waals surface area contributed by atoms with Crippen molar-refractivity contribution in [1.29, 1.82) is 0 Å². The van der Waals surface area contributed by atoms with Gasteiger partial charge in [0.05, 0.1) is 5.25 Å². The largest absolute Gasteiger partial charge is 0.269 e. The number of amides is 1. The molecule has 0 fully saturated rings. The van der Waals surface area contributed by atoms with Gasteiger partial charge in [-0.15, -0.1) is 0 Å². The molecule has 0 aliphatic rings. The van der Waals surface area contributed by atoms with E-state index in [0.29, 0.717) is 0 Å². The number of sulfonamides is 1. The molecule has 0 aromatic carbocycles. The second-order valence-corrected chi connectivity index (χ2v) is 5.77. The van der Waals surface area contributed by atoms with Crippen LogP contribution >= 0.6 is 0 Å². The third kappa shape index (κ3) is 5.50. The first kappa shape index (κ1) is 14.6. The van der Waals surface area contributed by atoms with Crippen molar-refractivity contribution in [1.82, 2.24) is 4.72 Å². The molecule has 0 radical (unpaired) electrons. The quantitative estimate of drug-likeness (QED) is 0.588. The number of hydrogen-bond acceptors (Lipinski definition) is 3. The number of carbonyl (C=O) groups excluding carboxylic acids is 1. The zero-order valence-electron chi connectivity index (χ0n) is 9.73. The number of allylic oxidation sites excluding steroid dienone is 4. The summed E-state index contributed by atoms with van der Waals surface area (Å²) in [6.07, 6.45) is 5.93. The Morgan fingerprint density at radius 2 is 1.94 bits per heavy atom. The Hall–Kier alpha value is -1.36. The fraction of sp³-hybridized carbons (Fsp3) is 0.364. The maximum absolute atomic E-state index is 11.3. The Bertz CT molecular complexity index is 417. The fourth-order valence-corrected chi connectivity index (χ4v) is 1.23. The van der Waals surface area contributed by atoms with Gasteiger partial charge < -0.3 is 0 Å². The fourth-order valence-electron chi connectivity index (χ4n) is 0.647. The molecule has 0 atom stereocenters. The van der Waals surface area contributed by atoms with E-state index in [-0.39, 0.29) is 0 Å². The van der Waals surface area contributed by atoms with Gasteiger partial charge in [0.15, 0.2) is 0 Å². The Balaban J connectivity index is 4.47. The smallest absolute Gasteiger partial charge is 0.257 e. The summed E-state index contributed by atoms with van der Waals surface area (Å²) in [5.74, 6) is -0.651. The zero-order chi connectivity index (χ0) is 12.8. The molecule has 5 heteroatoms. The SMILES string of the molecule is C=C/C(C)=C\C=C\C(=O)NS(=O)(=O)C(C)C. The summed E-state index contributed by atoms with van der Waals surface area (Å²) in [7, 11) is -3.55. The van der Waals surface area contributed by atoms with Gasteiger partial charge in [-0.2, -0.15) is 0 Å². The third-order valence-corrected chi connectivity index (χ3v) is 3.52. The third-order valence-electron chi connectivity index (χ3n) is 1.79. The highest BCUT2D eigenvalue weighted by molar-refractivity contribution is 7.90. The van der Waals surface area contributed by atoms with Crippen LogP contribution in [0, 0.1) is 0 Å².